The number of hydrogen-bond acceptors (Lipinski definition) is 5. The largest absolute Gasteiger partial charge is 0.416 e. The first kappa shape index (κ1) is 13.0. The molecule has 0 spiro atoms. The van der Waals surface area contributed by atoms with Crippen molar-refractivity contribution < 1.29 is 9.21 Å². The van der Waals surface area contributed by atoms with Gasteiger partial charge in [0.25, 0.3) is 5.22 Å². The Labute approximate surface area is 99.4 Å². The first-order valence-corrected chi connectivity index (χ1v) is 6.09. The summed E-state index contributed by atoms with van der Waals surface area (Å²) in [4.78, 5) is 11.5. The number of hydrogen-bond donors (Lipinski definition) is 1. The molecule has 0 aliphatic rings. The molecule has 16 heavy (non-hydrogen) atoms. The molecule has 0 fully saturated rings. The Balaban J connectivity index is 2.23. The fourth-order valence-electron chi connectivity index (χ4n) is 1.05. The quantitative estimate of drug-likeness (QED) is 0.816. The van der Waals surface area contributed by atoms with Crippen LogP contribution in [0.2, 0.25) is 0 Å². The van der Waals surface area contributed by atoms with Gasteiger partial charge in [-0.3, -0.25) is 4.79 Å². The monoisotopic (exact) mass is 243 g/mol. The van der Waals surface area contributed by atoms with Crippen LogP contribution in [0, 0.1) is 6.92 Å². The summed E-state index contributed by atoms with van der Waals surface area (Å²) in [6.45, 7) is 7.61. The Bertz CT molecular complexity index is 357. The highest BCUT2D eigenvalue weighted by Crippen LogP contribution is 2.16. The van der Waals surface area contributed by atoms with Gasteiger partial charge in [0.1, 0.15) is 0 Å². The molecule has 6 heteroatoms. The van der Waals surface area contributed by atoms with Crippen LogP contribution in [0.3, 0.4) is 0 Å². The third kappa shape index (κ3) is 5.16. The van der Waals surface area contributed by atoms with E-state index in [1.807, 2.05) is 20.8 Å². The van der Waals surface area contributed by atoms with Crippen LogP contribution in [0.1, 0.15) is 33.1 Å². The third-order valence-electron chi connectivity index (χ3n) is 1.58. The Morgan fingerprint density at radius 1 is 1.44 bits per heavy atom. The van der Waals surface area contributed by atoms with Gasteiger partial charge < -0.3 is 9.73 Å². The van der Waals surface area contributed by atoms with E-state index < -0.39 is 0 Å². The number of aromatic nitrogens is 2. The molecule has 0 saturated heterocycles. The van der Waals surface area contributed by atoms with E-state index in [0.29, 0.717) is 23.3 Å². The van der Waals surface area contributed by atoms with Gasteiger partial charge >= 0.3 is 0 Å². The van der Waals surface area contributed by atoms with Gasteiger partial charge in [-0.1, -0.05) is 11.8 Å². The molecule has 1 heterocycles. The van der Waals surface area contributed by atoms with Gasteiger partial charge in [0.05, 0.1) is 0 Å². The van der Waals surface area contributed by atoms with Crippen LogP contribution in [0.4, 0.5) is 0 Å². The van der Waals surface area contributed by atoms with E-state index in [4.69, 9.17) is 4.42 Å². The SMILES string of the molecule is Cc1nnc(SCCC(=O)NC(C)(C)C)o1. The number of aryl methyl sites for hydroxylation is 1. The summed E-state index contributed by atoms with van der Waals surface area (Å²) >= 11 is 1.39. The van der Waals surface area contributed by atoms with Crippen LogP contribution in [-0.2, 0) is 4.79 Å². The molecular weight excluding hydrogens is 226 g/mol. The van der Waals surface area contributed by atoms with Crippen molar-refractivity contribution in [1.82, 2.24) is 15.5 Å². The molecule has 0 aliphatic carbocycles. The van der Waals surface area contributed by atoms with E-state index in [-0.39, 0.29) is 11.4 Å². The summed E-state index contributed by atoms with van der Waals surface area (Å²) in [5.41, 5.74) is -0.178. The van der Waals surface area contributed by atoms with Crippen LogP contribution in [-0.4, -0.2) is 27.4 Å². The van der Waals surface area contributed by atoms with E-state index in [1.54, 1.807) is 6.92 Å². The van der Waals surface area contributed by atoms with E-state index in [0.717, 1.165) is 0 Å². The van der Waals surface area contributed by atoms with Gasteiger partial charge in [0.15, 0.2) is 0 Å². The molecule has 1 aromatic rings. The van der Waals surface area contributed by atoms with Crippen molar-refractivity contribution in [3.05, 3.63) is 5.89 Å². The van der Waals surface area contributed by atoms with Gasteiger partial charge in [-0.15, -0.1) is 10.2 Å². The molecule has 0 atom stereocenters. The minimum absolute atomic E-state index is 0.0382. The van der Waals surface area contributed by atoms with Crippen molar-refractivity contribution in [2.24, 2.45) is 0 Å². The van der Waals surface area contributed by atoms with E-state index in [2.05, 4.69) is 15.5 Å². The normalized spacial score (nSPS) is 11.5. The van der Waals surface area contributed by atoms with Gasteiger partial charge in [-0.05, 0) is 20.8 Å². The molecule has 0 radical (unpaired) electrons. The highest BCUT2D eigenvalue weighted by Gasteiger charge is 2.13. The van der Waals surface area contributed by atoms with Crippen molar-refractivity contribution >= 4 is 17.7 Å². The lowest BCUT2D eigenvalue weighted by atomic mass is 10.1. The van der Waals surface area contributed by atoms with Gasteiger partial charge in [0.2, 0.25) is 11.8 Å². The third-order valence-corrected chi connectivity index (χ3v) is 2.40. The minimum atomic E-state index is -0.178. The lowest BCUT2D eigenvalue weighted by Crippen LogP contribution is -2.40. The van der Waals surface area contributed by atoms with Crippen molar-refractivity contribution in [2.45, 2.75) is 44.9 Å². The fraction of sp³-hybridized carbons (Fsp3) is 0.700. The smallest absolute Gasteiger partial charge is 0.276 e. The maximum absolute atomic E-state index is 11.5. The van der Waals surface area contributed by atoms with Crippen molar-refractivity contribution in [3.8, 4) is 0 Å². The first-order chi connectivity index (χ1) is 7.37. The molecule has 0 aliphatic heterocycles. The molecule has 1 rings (SSSR count). The van der Waals surface area contributed by atoms with Crippen LogP contribution >= 0.6 is 11.8 Å². The number of amides is 1. The molecule has 90 valence electrons. The first-order valence-electron chi connectivity index (χ1n) is 5.11. The van der Waals surface area contributed by atoms with Crippen LogP contribution in [0.15, 0.2) is 9.64 Å². The lowest BCUT2D eigenvalue weighted by Gasteiger charge is -2.20. The maximum Gasteiger partial charge on any atom is 0.276 e. The fourth-order valence-corrected chi connectivity index (χ4v) is 1.79. The number of thioether (sulfide) groups is 1. The Kier molecular flexibility index (Phi) is 4.35. The predicted octanol–water partition coefficient (Wildman–Crippen LogP) is 1.77. The van der Waals surface area contributed by atoms with Gasteiger partial charge in [-0.2, -0.15) is 0 Å². The average molecular weight is 243 g/mol. The zero-order chi connectivity index (χ0) is 12.2. The molecule has 0 saturated carbocycles. The van der Waals surface area contributed by atoms with E-state index >= 15 is 0 Å². The second kappa shape index (κ2) is 5.34. The molecule has 1 amide bonds. The molecule has 0 bridgehead atoms. The Morgan fingerprint density at radius 2 is 2.12 bits per heavy atom. The number of rotatable bonds is 4. The van der Waals surface area contributed by atoms with Crippen LogP contribution in [0.25, 0.3) is 0 Å². The summed E-state index contributed by atoms with van der Waals surface area (Å²) in [5, 5.41) is 10.9. The summed E-state index contributed by atoms with van der Waals surface area (Å²) in [7, 11) is 0. The van der Waals surface area contributed by atoms with Gasteiger partial charge in [0, 0.05) is 24.6 Å². The van der Waals surface area contributed by atoms with Crippen molar-refractivity contribution in [3.63, 3.8) is 0 Å². The number of carbonyl (C=O) groups excluding carboxylic acids is 1. The number of nitrogens with one attached hydrogen (secondary N) is 1. The summed E-state index contributed by atoms with van der Waals surface area (Å²) in [6, 6.07) is 0. The van der Waals surface area contributed by atoms with Crippen LogP contribution < -0.4 is 5.32 Å². The maximum atomic E-state index is 11.5. The average Bonchev–Trinajstić information content (AvgIpc) is 2.48. The Morgan fingerprint density at radius 3 is 2.62 bits per heavy atom. The molecule has 0 unspecified atom stereocenters. The molecule has 1 N–H and O–H groups in total. The number of nitrogens with zero attached hydrogens (tertiary/aromatic N) is 2. The number of carbonyl (C=O) groups is 1. The topological polar surface area (TPSA) is 68.0 Å². The minimum Gasteiger partial charge on any atom is -0.416 e. The van der Waals surface area contributed by atoms with Gasteiger partial charge in [-0.25, -0.2) is 0 Å². The standard InChI is InChI=1S/C10H17N3O2S/c1-7-12-13-9(15-7)16-6-5-8(14)11-10(2,3)4/h5-6H2,1-4H3,(H,11,14). The highest BCUT2D eigenvalue weighted by atomic mass is 32.2. The molecule has 5 nitrogen and oxygen atoms in total. The molecular formula is C10H17N3O2S. The second-order valence-electron chi connectivity index (χ2n) is 4.48. The summed E-state index contributed by atoms with van der Waals surface area (Å²) in [5.74, 6) is 1.22. The van der Waals surface area contributed by atoms with E-state index in [1.165, 1.54) is 11.8 Å². The zero-order valence-electron chi connectivity index (χ0n) is 10.0. The van der Waals surface area contributed by atoms with Crippen molar-refractivity contribution in [1.29, 1.82) is 0 Å². The second-order valence-corrected chi connectivity index (χ2v) is 5.53. The highest BCUT2D eigenvalue weighted by molar-refractivity contribution is 7.99. The van der Waals surface area contributed by atoms with E-state index in [9.17, 15) is 4.79 Å². The molecule has 1 aromatic heterocycles. The Hall–Kier alpha value is -1.04. The molecule has 0 aromatic carbocycles. The predicted molar refractivity (Wildman–Crippen MR) is 62.3 cm³/mol. The summed E-state index contributed by atoms with van der Waals surface area (Å²) < 4.78 is 5.18. The van der Waals surface area contributed by atoms with Crippen LogP contribution in [0.5, 0.6) is 0 Å². The summed E-state index contributed by atoms with van der Waals surface area (Å²) in [6.07, 6.45) is 0.448. The zero-order valence-corrected chi connectivity index (χ0v) is 10.8. The van der Waals surface area contributed by atoms with Crippen molar-refractivity contribution in [2.75, 3.05) is 5.75 Å². The lowest BCUT2D eigenvalue weighted by molar-refractivity contribution is -0.122.